The number of fused-ring (bicyclic) bond motifs is 1. The minimum atomic E-state index is -0.671. The lowest BCUT2D eigenvalue weighted by Gasteiger charge is -2.33. The zero-order chi connectivity index (χ0) is 26.0. The molecule has 0 saturated carbocycles. The number of ketones is 1. The van der Waals surface area contributed by atoms with Crippen LogP contribution >= 0.6 is 23.4 Å². The first kappa shape index (κ1) is 26.3. The maximum absolute atomic E-state index is 13.3. The van der Waals surface area contributed by atoms with Crippen molar-refractivity contribution in [1.82, 2.24) is 15.1 Å². The summed E-state index contributed by atoms with van der Waals surface area (Å²) in [6.07, 6.45) is 0.982. The SMILES string of the molecule is CC1=C(CN(C)CC(O)c2cccc(N)c2)SC2C(=O)C(C(=O)NCc3ccc(Cl)cc3)=CN(C)C12. The van der Waals surface area contributed by atoms with E-state index in [0.717, 1.165) is 21.6 Å². The van der Waals surface area contributed by atoms with Gasteiger partial charge in [0, 0.05) is 48.5 Å². The normalized spacial score (nSPS) is 20.4. The average molecular weight is 527 g/mol. The third-order valence-corrected chi connectivity index (χ3v) is 8.25. The Morgan fingerprint density at radius 3 is 2.69 bits per heavy atom. The molecule has 4 N–H and O–H groups in total. The number of halogens is 1. The topological polar surface area (TPSA) is 98.9 Å². The number of benzene rings is 2. The molecule has 7 nitrogen and oxygen atoms in total. The second-order valence-electron chi connectivity index (χ2n) is 9.35. The second-order valence-corrected chi connectivity index (χ2v) is 11.0. The first-order valence-corrected chi connectivity index (χ1v) is 13.0. The Morgan fingerprint density at radius 1 is 1.28 bits per heavy atom. The fraction of sp³-hybridized carbons (Fsp3) is 0.333. The van der Waals surface area contributed by atoms with Gasteiger partial charge >= 0.3 is 0 Å². The van der Waals surface area contributed by atoms with Gasteiger partial charge in [-0.3, -0.25) is 14.5 Å². The van der Waals surface area contributed by atoms with E-state index in [1.165, 1.54) is 11.8 Å². The lowest BCUT2D eigenvalue weighted by Crippen LogP contribution is -2.47. The smallest absolute Gasteiger partial charge is 0.256 e. The van der Waals surface area contributed by atoms with Crippen LogP contribution in [0.15, 0.2) is 70.8 Å². The fourth-order valence-electron chi connectivity index (χ4n) is 4.61. The van der Waals surface area contributed by atoms with Crippen molar-refractivity contribution < 1.29 is 14.7 Å². The highest BCUT2D eigenvalue weighted by Gasteiger charge is 2.45. The van der Waals surface area contributed by atoms with Gasteiger partial charge in [0.2, 0.25) is 0 Å². The first-order chi connectivity index (χ1) is 17.1. The number of Topliss-reactive ketones (excluding diaryl/α,β-unsaturated/α-hetero) is 1. The van der Waals surface area contributed by atoms with Gasteiger partial charge in [-0.05, 0) is 54.9 Å². The number of carbonyl (C=O) groups excluding carboxylic acids is 2. The molecule has 3 atom stereocenters. The van der Waals surface area contributed by atoms with Crippen LogP contribution in [0.4, 0.5) is 5.69 Å². The van der Waals surface area contributed by atoms with Crippen molar-refractivity contribution in [3.8, 4) is 0 Å². The van der Waals surface area contributed by atoms with Gasteiger partial charge in [-0.15, -0.1) is 11.8 Å². The molecule has 2 aromatic rings. The molecule has 2 aliphatic rings. The summed E-state index contributed by atoms with van der Waals surface area (Å²) in [6, 6.07) is 14.4. The number of likely N-dealkylation sites (N-methyl/N-ethyl adjacent to an activating group) is 2. The van der Waals surface area contributed by atoms with Crippen LogP contribution in [0.5, 0.6) is 0 Å². The number of rotatable bonds is 8. The van der Waals surface area contributed by atoms with Gasteiger partial charge in [-0.2, -0.15) is 0 Å². The number of anilines is 1. The number of aliphatic hydroxyl groups excluding tert-OH is 1. The zero-order valence-corrected chi connectivity index (χ0v) is 22.1. The number of aliphatic hydroxyl groups is 1. The number of amides is 1. The van der Waals surface area contributed by atoms with Crippen molar-refractivity contribution in [3.05, 3.63) is 86.9 Å². The van der Waals surface area contributed by atoms with Crippen LogP contribution in [0.1, 0.15) is 24.2 Å². The highest BCUT2D eigenvalue weighted by atomic mass is 35.5. The quantitative estimate of drug-likeness (QED) is 0.358. The summed E-state index contributed by atoms with van der Waals surface area (Å²) in [6.45, 7) is 3.38. The number of nitrogens with two attached hydrogens (primary N) is 1. The van der Waals surface area contributed by atoms with Crippen LogP contribution in [0.2, 0.25) is 5.02 Å². The van der Waals surface area contributed by atoms with Gasteiger partial charge in [-0.1, -0.05) is 35.9 Å². The van der Waals surface area contributed by atoms with E-state index in [4.69, 9.17) is 17.3 Å². The van der Waals surface area contributed by atoms with Crippen LogP contribution in [0.3, 0.4) is 0 Å². The van der Waals surface area contributed by atoms with E-state index < -0.39 is 6.10 Å². The minimum Gasteiger partial charge on any atom is -0.399 e. The maximum Gasteiger partial charge on any atom is 0.256 e. The summed E-state index contributed by atoms with van der Waals surface area (Å²) in [5, 5.41) is 13.7. The molecular formula is C27H31ClN4O3S. The van der Waals surface area contributed by atoms with E-state index in [9.17, 15) is 14.7 Å². The number of carbonyl (C=O) groups is 2. The summed E-state index contributed by atoms with van der Waals surface area (Å²) in [4.78, 5) is 31.3. The van der Waals surface area contributed by atoms with Crippen LogP contribution in [0.25, 0.3) is 0 Å². The monoisotopic (exact) mass is 526 g/mol. The zero-order valence-electron chi connectivity index (χ0n) is 20.6. The van der Waals surface area contributed by atoms with E-state index in [-0.39, 0.29) is 28.6 Å². The van der Waals surface area contributed by atoms with Crippen LogP contribution in [-0.2, 0) is 16.1 Å². The predicted octanol–water partition coefficient (Wildman–Crippen LogP) is 3.36. The van der Waals surface area contributed by atoms with Crippen LogP contribution in [-0.4, -0.2) is 65.1 Å². The average Bonchev–Trinajstić information content (AvgIpc) is 3.17. The molecule has 2 aromatic carbocycles. The predicted molar refractivity (Wildman–Crippen MR) is 145 cm³/mol. The van der Waals surface area contributed by atoms with Crippen molar-refractivity contribution in [3.63, 3.8) is 0 Å². The number of nitrogens with zero attached hydrogens (tertiary/aromatic N) is 2. The van der Waals surface area contributed by atoms with Gasteiger partial charge < -0.3 is 21.1 Å². The highest BCUT2D eigenvalue weighted by molar-refractivity contribution is 8.04. The van der Waals surface area contributed by atoms with Crippen LogP contribution in [0, 0.1) is 0 Å². The summed E-state index contributed by atoms with van der Waals surface area (Å²) in [7, 11) is 3.84. The van der Waals surface area contributed by atoms with Crippen molar-refractivity contribution in [2.75, 3.05) is 32.9 Å². The van der Waals surface area contributed by atoms with Gasteiger partial charge in [-0.25, -0.2) is 0 Å². The standard InChI is InChI=1S/C27H31ClN4O3S/c1-16-23(15-31(2)14-22(33)18-5-4-6-20(29)11-18)36-26-24(16)32(3)13-21(25(26)34)27(35)30-12-17-7-9-19(28)10-8-17/h4-11,13,22,24,26,33H,12,14-15,29H2,1-3H3,(H,30,35). The van der Waals surface area contributed by atoms with Gasteiger partial charge in [0.15, 0.2) is 5.78 Å². The third-order valence-electron chi connectivity index (χ3n) is 6.54. The molecular weight excluding hydrogens is 496 g/mol. The van der Waals surface area contributed by atoms with Crippen molar-refractivity contribution in [2.45, 2.75) is 30.9 Å². The first-order valence-electron chi connectivity index (χ1n) is 11.7. The van der Waals surface area contributed by atoms with E-state index in [2.05, 4.69) is 5.32 Å². The fourth-order valence-corrected chi connectivity index (χ4v) is 6.40. The number of thioether (sulfide) groups is 1. The molecule has 0 spiro atoms. The number of nitrogen functional groups attached to an aromatic ring is 1. The molecule has 0 aromatic heterocycles. The molecule has 0 saturated heterocycles. The largest absolute Gasteiger partial charge is 0.399 e. The van der Waals surface area contributed by atoms with Crippen molar-refractivity contribution in [1.29, 1.82) is 0 Å². The van der Waals surface area contributed by atoms with E-state index in [0.29, 0.717) is 30.3 Å². The number of hydrogen-bond acceptors (Lipinski definition) is 7. The molecule has 4 rings (SSSR count). The third kappa shape index (κ3) is 5.78. The molecule has 9 heteroatoms. The summed E-state index contributed by atoms with van der Waals surface area (Å²) in [5.41, 5.74) is 9.42. The minimum absolute atomic E-state index is 0.0995. The van der Waals surface area contributed by atoms with E-state index >= 15 is 0 Å². The lowest BCUT2D eigenvalue weighted by molar-refractivity contribution is -0.123. The second kappa shape index (κ2) is 11.1. The summed E-state index contributed by atoms with van der Waals surface area (Å²) >= 11 is 7.44. The molecule has 0 bridgehead atoms. The molecule has 3 unspecified atom stereocenters. The lowest BCUT2D eigenvalue weighted by atomic mass is 9.93. The van der Waals surface area contributed by atoms with Crippen LogP contribution < -0.4 is 11.1 Å². The Bertz CT molecular complexity index is 1210. The molecule has 36 heavy (non-hydrogen) atoms. The Balaban J connectivity index is 1.38. The Hall–Kier alpha value is -2.78. The molecule has 190 valence electrons. The van der Waals surface area contributed by atoms with Gasteiger partial charge in [0.25, 0.3) is 5.91 Å². The van der Waals surface area contributed by atoms with E-state index in [1.54, 1.807) is 30.5 Å². The molecule has 1 amide bonds. The molecule has 2 heterocycles. The molecule has 0 radical (unpaired) electrons. The van der Waals surface area contributed by atoms with Gasteiger partial charge in [0.1, 0.15) is 0 Å². The maximum atomic E-state index is 13.3. The van der Waals surface area contributed by atoms with E-state index in [1.807, 2.05) is 55.1 Å². The molecule has 0 fully saturated rings. The molecule has 2 aliphatic heterocycles. The summed E-state index contributed by atoms with van der Waals surface area (Å²) in [5.74, 6) is -0.539. The van der Waals surface area contributed by atoms with Gasteiger partial charge in [0.05, 0.1) is 23.0 Å². The Morgan fingerprint density at radius 2 is 2.00 bits per heavy atom. The summed E-state index contributed by atoms with van der Waals surface area (Å²) < 4.78 is 0. The van der Waals surface area contributed by atoms with Crippen molar-refractivity contribution >= 4 is 40.7 Å². The molecule has 0 aliphatic carbocycles. The highest BCUT2D eigenvalue weighted by Crippen LogP contribution is 2.44. The number of nitrogens with one attached hydrogen (secondary N) is 1. The Labute approximate surface area is 221 Å². The Kier molecular flexibility index (Phi) is 8.10. The van der Waals surface area contributed by atoms with Crippen molar-refractivity contribution in [2.24, 2.45) is 0 Å². The number of hydrogen-bond donors (Lipinski definition) is 3.